The molecule has 0 spiro atoms. The summed E-state index contributed by atoms with van der Waals surface area (Å²) in [6, 6.07) is 27.5. The molecule has 5 aromatic rings. The normalized spacial score (nSPS) is 11.5. The van der Waals surface area contributed by atoms with Gasteiger partial charge in [0.05, 0.1) is 17.4 Å². The Bertz CT molecular complexity index is 1150. The monoisotopic (exact) mass is 294 g/mol. The first-order valence-electron chi connectivity index (χ1n) is 7.76. The van der Waals surface area contributed by atoms with E-state index in [0.717, 1.165) is 5.69 Å². The lowest BCUT2D eigenvalue weighted by molar-refractivity contribution is 0.913. The summed E-state index contributed by atoms with van der Waals surface area (Å²) in [7, 11) is 0. The number of para-hydroxylation sites is 1. The highest BCUT2D eigenvalue weighted by Crippen LogP contribution is 2.35. The summed E-state index contributed by atoms with van der Waals surface area (Å²) < 4.78 is 2.05. The third-order valence-corrected chi connectivity index (χ3v) is 4.46. The molecule has 0 unspecified atom stereocenters. The number of fused-ring (bicyclic) bond motifs is 6. The highest BCUT2D eigenvalue weighted by atomic mass is 15.3. The molecule has 0 aliphatic carbocycles. The zero-order chi connectivity index (χ0) is 15.2. The van der Waals surface area contributed by atoms with E-state index in [-0.39, 0.29) is 0 Å². The summed E-state index contributed by atoms with van der Waals surface area (Å²) in [4.78, 5) is 0. The molecule has 0 saturated carbocycles. The van der Waals surface area contributed by atoms with E-state index in [1.807, 2.05) is 29.1 Å². The highest BCUT2D eigenvalue weighted by Gasteiger charge is 2.13. The Balaban J connectivity index is 2.06. The molecule has 1 heterocycles. The van der Waals surface area contributed by atoms with Crippen LogP contribution < -0.4 is 0 Å². The van der Waals surface area contributed by atoms with E-state index >= 15 is 0 Å². The van der Waals surface area contributed by atoms with Crippen molar-refractivity contribution >= 4 is 32.4 Å². The number of rotatable bonds is 1. The second-order valence-corrected chi connectivity index (χ2v) is 5.75. The van der Waals surface area contributed by atoms with Crippen molar-refractivity contribution in [2.45, 2.75) is 0 Å². The van der Waals surface area contributed by atoms with Gasteiger partial charge in [-0.3, -0.25) is 0 Å². The molecule has 108 valence electrons. The topological polar surface area (TPSA) is 17.8 Å². The Morgan fingerprint density at radius 3 is 1.74 bits per heavy atom. The molecule has 0 amide bonds. The van der Waals surface area contributed by atoms with Crippen LogP contribution in [0.4, 0.5) is 0 Å². The van der Waals surface area contributed by atoms with Gasteiger partial charge >= 0.3 is 0 Å². The Labute approximate surface area is 133 Å². The van der Waals surface area contributed by atoms with Gasteiger partial charge in [0.25, 0.3) is 0 Å². The van der Waals surface area contributed by atoms with Crippen molar-refractivity contribution in [2.75, 3.05) is 0 Å². The maximum atomic E-state index is 4.68. The second-order valence-electron chi connectivity index (χ2n) is 5.75. The minimum absolute atomic E-state index is 1.09. The predicted molar refractivity (Wildman–Crippen MR) is 96.1 cm³/mol. The van der Waals surface area contributed by atoms with E-state index in [1.54, 1.807) is 0 Å². The average molecular weight is 294 g/mol. The van der Waals surface area contributed by atoms with Crippen molar-refractivity contribution in [3.05, 3.63) is 85.1 Å². The Morgan fingerprint density at radius 1 is 0.522 bits per heavy atom. The van der Waals surface area contributed by atoms with Crippen molar-refractivity contribution in [3.63, 3.8) is 0 Å². The van der Waals surface area contributed by atoms with Crippen LogP contribution in [-0.4, -0.2) is 9.78 Å². The van der Waals surface area contributed by atoms with Crippen LogP contribution in [-0.2, 0) is 0 Å². The fourth-order valence-electron chi connectivity index (χ4n) is 3.45. The van der Waals surface area contributed by atoms with Crippen molar-refractivity contribution in [3.8, 4) is 5.69 Å². The van der Waals surface area contributed by atoms with Crippen LogP contribution in [0.5, 0.6) is 0 Å². The molecule has 0 aliphatic heterocycles. The van der Waals surface area contributed by atoms with Gasteiger partial charge < -0.3 is 0 Å². The van der Waals surface area contributed by atoms with Gasteiger partial charge in [-0.2, -0.15) is 5.10 Å². The summed E-state index contributed by atoms with van der Waals surface area (Å²) in [5, 5.41) is 10.9. The first-order valence-corrected chi connectivity index (χ1v) is 7.76. The molecule has 5 rings (SSSR count). The van der Waals surface area contributed by atoms with Gasteiger partial charge in [0.2, 0.25) is 0 Å². The fraction of sp³-hybridized carbons (Fsp3) is 0. The highest BCUT2D eigenvalue weighted by molar-refractivity contribution is 6.24. The lowest BCUT2D eigenvalue weighted by Crippen LogP contribution is -1.96. The quantitative estimate of drug-likeness (QED) is 0.382. The standard InChI is InChI=1S/C21H14N2/c1-2-8-15(9-3-1)23-21-19-13-7-6-11-17(19)16-10-4-5-12-18(16)20(21)14-22-23/h1-14H. The molecule has 0 radical (unpaired) electrons. The summed E-state index contributed by atoms with van der Waals surface area (Å²) >= 11 is 0. The van der Waals surface area contributed by atoms with Crippen LogP contribution in [0.1, 0.15) is 0 Å². The van der Waals surface area contributed by atoms with Gasteiger partial charge in [0, 0.05) is 10.8 Å². The molecule has 2 heteroatoms. The fourth-order valence-corrected chi connectivity index (χ4v) is 3.45. The second kappa shape index (κ2) is 4.68. The van der Waals surface area contributed by atoms with Crippen molar-refractivity contribution in [2.24, 2.45) is 0 Å². The number of aromatic nitrogens is 2. The first kappa shape index (κ1) is 12.4. The molecule has 0 fully saturated rings. The maximum absolute atomic E-state index is 4.68. The van der Waals surface area contributed by atoms with Crippen LogP contribution in [0.3, 0.4) is 0 Å². The molecule has 0 aliphatic rings. The van der Waals surface area contributed by atoms with Gasteiger partial charge in [-0.05, 0) is 28.3 Å². The van der Waals surface area contributed by atoms with Crippen LogP contribution in [0, 0.1) is 0 Å². The number of hydrogen-bond donors (Lipinski definition) is 0. The summed E-state index contributed by atoms with van der Waals surface area (Å²) in [5.74, 6) is 0. The minimum Gasteiger partial charge on any atom is -0.232 e. The third-order valence-electron chi connectivity index (χ3n) is 4.46. The summed E-state index contributed by atoms with van der Waals surface area (Å²) in [6.07, 6.45) is 1.98. The van der Waals surface area contributed by atoms with E-state index < -0.39 is 0 Å². The van der Waals surface area contributed by atoms with Crippen LogP contribution in [0.2, 0.25) is 0 Å². The number of hydrogen-bond acceptors (Lipinski definition) is 1. The lowest BCUT2D eigenvalue weighted by Gasteiger charge is -2.09. The third kappa shape index (κ3) is 1.72. The zero-order valence-corrected chi connectivity index (χ0v) is 12.5. The Kier molecular flexibility index (Phi) is 2.53. The van der Waals surface area contributed by atoms with E-state index in [1.165, 1.54) is 32.4 Å². The van der Waals surface area contributed by atoms with E-state index in [9.17, 15) is 0 Å². The smallest absolute Gasteiger partial charge is 0.0825 e. The zero-order valence-electron chi connectivity index (χ0n) is 12.5. The van der Waals surface area contributed by atoms with E-state index in [0.29, 0.717) is 0 Å². The Morgan fingerprint density at radius 2 is 1.04 bits per heavy atom. The number of nitrogens with zero attached hydrogens (tertiary/aromatic N) is 2. The molecule has 0 saturated heterocycles. The van der Waals surface area contributed by atoms with Gasteiger partial charge in [-0.15, -0.1) is 0 Å². The molecular formula is C21H14N2. The molecule has 0 bridgehead atoms. The maximum Gasteiger partial charge on any atom is 0.0825 e. The SMILES string of the molecule is c1ccc(-n2ncc3c4ccccc4c4ccccc4c32)cc1. The van der Waals surface area contributed by atoms with Crippen LogP contribution >= 0.6 is 0 Å². The average Bonchev–Trinajstić information content (AvgIpc) is 3.08. The largest absolute Gasteiger partial charge is 0.232 e. The lowest BCUT2D eigenvalue weighted by atomic mass is 9.98. The Hall–Kier alpha value is -3.13. The minimum atomic E-state index is 1.09. The summed E-state index contributed by atoms with van der Waals surface area (Å²) in [6.45, 7) is 0. The summed E-state index contributed by atoms with van der Waals surface area (Å²) in [5.41, 5.74) is 2.26. The number of benzene rings is 4. The van der Waals surface area contributed by atoms with Crippen molar-refractivity contribution in [1.29, 1.82) is 0 Å². The van der Waals surface area contributed by atoms with Crippen molar-refractivity contribution < 1.29 is 0 Å². The van der Waals surface area contributed by atoms with E-state index in [4.69, 9.17) is 0 Å². The first-order chi connectivity index (χ1) is 11.4. The molecule has 0 N–H and O–H groups in total. The molecule has 0 atom stereocenters. The van der Waals surface area contributed by atoms with Crippen LogP contribution in [0.25, 0.3) is 38.1 Å². The molecular weight excluding hydrogens is 280 g/mol. The van der Waals surface area contributed by atoms with Gasteiger partial charge in [0.15, 0.2) is 0 Å². The van der Waals surface area contributed by atoms with Gasteiger partial charge in [0.1, 0.15) is 0 Å². The van der Waals surface area contributed by atoms with Crippen molar-refractivity contribution in [1.82, 2.24) is 9.78 Å². The van der Waals surface area contributed by atoms with Gasteiger partial charge in [-0.1, -0.05) is 66.7 Å². The molecule has 2 nitrogen and oxygen atoms in total. The molecule has 4 aromatic carbocycles. The van der Waals surface area contributed by atoms with Crippen LogP contribution in [0.15, 0.2) is 85.1 Å². The van der Waals surface area contributed by atoms with E-state index in [2.05, 4.69) is 65.8 Å². The molecule has 1 aromatic heterocycles. The van der Waals surface area contributed by atoms with Gasteiger partial charge in [-0.25, -0.2) is 4.68 Å². The molecule has 23 heavy (non-hydrogen) atoms. The predicted octanol–water partition coefficient (Wildman–Crippen LogP) is 5.33.